The molecule has 4 nitrogen and oxygen atoms in total. The molecule has 0 fully saturated rings. The summed E-state index contributed by atoms with van der Waals surface area (Å²) in [4.78, 5) is 7.41. The zero-order chi connectivity index (χ0) is 14.1. The van der Waals surface area contributed by atoms with E-state index in [9.17, 15) is 0 Å². The van der Waals surface area contributed by atoms with Crippen molar-refractivity contribution >= 4 is 11.0 Å². The second kappa shape index (κ2) is 5.13. The predicted octanol–water partition coefficient (Wildman–Crippen LogP) is 3.88. The summed E-state index contributed by atoms with van der Waals surface area (Å²) in [6, 6.07) is 8.42. The maximum Gasteiger partial charge on any atom is 0.134 e. The van der Waals surface area contributed by atoms with Crippen molar-refractivity contribution in [2.24, 2.45) is 0 Å². The van der Waals surface area contributed by atoms with Crippen LogP contribution < -0.4 is 5.32 Å². The van der Waals surface area contributed by atoms with E-state index in [2.05, 4.69) is 42.1 Å². The molecule has 2 unspecified atom stereocenters. The minimum atomic E-state index is 0.127. The summed E-state index contributed by atoms with van der Waals surface area (Å²) >= 11 is 0. The first-order valence-corrected chi connectivity index (χ1v) is 6.90. The molecule has 2 N–H and O–H groups in total. The molecule has 2 aromatic heterocycles. The van der Waals surface area contributed by atoms with E-state index in [-0.39, 0.29) is 12.1 Å². The second-order valence-electron chi connectivity index (χ2n) is 5.17. The van der Waals surface area contributed by atoms with Crippen LogP contribution in [0.2, 0.25) is 0 Å². The van der Waals surface area contributed by atoms with Gasteiger partial charge in [0.05, 0.1) is 12.1 Å². The first kappa shape index (κ1) is 12.9. The Hall–Kier alpha value is -2.07. The zero-order valence-corrected chi connectivity index (χ0v) is 12.0. The van der Waals surface area contributed by atoms with Crippen molar-refractivity contribution in [1.29, 1.82) is 0 Å². The molecule has 0 aliphatic rings. The Morgan fingerprint density at radius 3 is 2.70 bits per heavy atom. The monoisotopic (exact) mass is 269 g/mol. The largest absolute Gasteiger partial charge is 0.459 e. The van der Waals surface area contributed by atoms with E-state index in [0.29, 0.717) is 0 Å². The summed E-state index contributed by atoms with van der Waals surface area (Å²) in [7, 11) is 0. The number of H-pyrrole nitrogens is 1. The van der Waals surface area contributed by atoms with Crippen molar-refractivity contribution in [1.82, 2.24) is 15.3 Å². The van der Waals surface area contributed by atoms with E-state index < -0.39 is 0 Å². The number of benzene rings is 1. The SMILES string of the molecule is Cc1c(C(C)NC(C)c2ncc[nH]2)oc2ccccc12. The molecule has 2 atom stereocenters. The number of nitrogens with zero attached hydrogens (tertiary/aromatic N) is 1. The van der Waals surface area contributed by atoms with E-state index >= 15 is 0 Å². The Bertz CT molecular complexity index is 700. The molecule has 0 aliphatic carbocycles. The molecule has 0 saturated heterocycles. The van der Waals surface area contributed by atoms with Crippen molar-refractivity contribution in [2.45, 2.75) is 32.9 Å². The number of aryl methyl sites for hydroxylation is 1. The maximum absolute atomic E-state index is 5.99. The van der Waals surface area contributed by atoms with E-state index in [1.807, 2.05) is 24.4 Å². The Labute approximate surface area is 118 Å². The summed E-state index contributed by atoms with van der Waals surface area (Å²) in [5, 5.41) is 4.70. The number of rotatable bonds is 4. The number of aromatic nitrogens is 2. The quantitative estimate of drug-likeness (QED) is 0.755. The van der Waals surface area contributed by atoms with Gasteiger partial charge < -0.3 is 9.40 Å². The molecule has 1 aromatic carbocycles. The lowest BCUT2D eigenvalue weighted by Crippen LogP contribution is -2.23. The van der Waals surface area contributed by atoms with Crippen LogP contribution in [0.3, 0.4) is 0 Å². The fraction of sp³-hybridized carbons (Fsp3) is 0.312. The molecule has 3 aromatic rings. The molecule has 0 bridgehead atoms. The smallest absolute Gasteiger partial charge is 0.134 e. The van der Waals surface area contributed by atoms with Gasteiger partial charge in [0, 0.05) is 17.8 Å². The average molecular weight is 269 g/mol. The van der Waals surface area contributed by atoms with Gasteiger partial charge in [-0.3, -0.25) is 5.32 Å². The lowest BCUT2D eigenvalue weighted by Gasteiger charge is -2.17. The Morgan fingerprint density at radius 1 is 1.20 bits per heavy atom. The summed E-state index contributed by atoms with van der Waals surface area (Å²) in [5.74, 6) is 1.93. The van der Waals surface area contributed by atoms with Crippen LogP contribution in [0, 0.1) is 6.92 Å². The van der Waals surface area contributed by atoms with Crippen molar-refractivity contribution in [3.63, 3.8) is 0 Å². The maximum atomic E-state index is 5.99. The molecule has 0 radical (unpaired) electrons. The summed E-state index contributed by atoms with van der Waals surface area (Å²) < 4.78 is 5.99. The summed E-state index contributed by atoms with van der Waals surface area (Å²) in [5.41, 5.74) is 2.14. The molecule has 0 aliphatic heterocycles. The van der Waals surface area contributed by atoms with Crippen molar-refractivity contribution in [2.75, 3.05) is 0 Å². The lowest BCUT2D eigenvalue weighted by molar-refractivity contribution is 0.408. The van der Waals surface area contributed by atoms with Crippen molar-refractivity contribution in [3.05, 3.63) is 53.8 Å². The third-order valence-corrected chi connectivity index (χ3v) is 3.70. The van der Waals surface area contributed by atoms with Crippen LogP contribution in [-0.2, 0) is 0 Å². The van der Waals surface area contributed by atoms with Crippen LogP contribution in [0.15, 0.2) is 41.1 Å². The summed E-state index contributed by atoms with van der Waals surface area (Å²) in [6.07, 6.45) is 3.61. The summed E-state index contributed by atoms with van der Waals surface area (Å²) in [6.45, 7) is 6.31. The highest BCUT2D eigenvalue weighted by atomic mass is 16.3. The number of furan rings is 1. The molecular formula is C16H19N3O. The molecule has 2 heterocycles. The minimum Gasteiger partial charge on any atom is -0.459 e. The normalized spacial score (nSPS) is 14.6. The van der Waals surface area contributed by atoms with Gasteiger partial charge >= 0.3 is 0 Å². The minimum absolute atomic E-state index is 0.127. The van der Waals surface area contributed by atoms with Crippen molar-refractivity contribution < 1.29 is 4.42 Å². The number of para-hydroxylation sites is 1. The Balaban J connectivity index is 1.85. The Kier molecular flexibility index (Phi) is 3.32. The topological polar surface area (TPSA) is 53.9 Å². The number of fused-ring (bicyclic) bond motifs is 1. The van der Waals surface area contributed by atoms with E-state index in [1.165, 1.54) is 10.9 Å². The first-order valence-electron chi connectivity index (χ1n) is 6.90. The van der Waals surface area contributed by atoms with Crippen LogP contribution in [0.4, 0.5) is 0 Å². The zero-order valence-electron chi connectivity index (χ0n) is 12.0. The van der Waals surface area contributed by atoms with Gasteiger partial charge in [-0.05, 0) is 32.4 Å². The predicted molar refractivity (Wildman–Crippen MR) is 79.5 cm³/mol. The van der Waals surface area contributed by atoms with E-state index in [4.69, 9.17) is 4.42 Å². The van der Waals surface area contributed by atoms with Crippen LogP contribution in [0.5, 0.6) is 0 Å². The number of nitrogens with one attached hydrogen (secondary N) is 2. The molecule has 3 rings (SSSR count). The highest BCUT2D eigenvalue weighted by molar-refractivity contribution is 5.82. The van der Waals surface area contributed by atoms with Gasteiger partial charge in [-0.2, -0.15) is 0 Å². The van der Waals surface area contributed by atoms with Crippen molar-refractivity contribution in [3.8, 4) is 0 Å². The lowest BCUT2D eigenvalue weighted by atomic mass is 10.1. The van der Waals surface area contributed by atoms with Crippen LogP contribution in [0.1, 0.15) is 43.1 Å². The van der Waals surface area contributed by atoms with Gasteiger partial charge in [0.25, 0.3) is 0 Å². The van der Waals surface area contributed by atoms with Gasteiger partial charge in [0.1, 0.15) is 17.2 Å². The molecule has 4 heteroatoms. The highest BCUT2D eigenvalue weighted by Gasteiger charge is 2.19. The third-order valence-electron chi connectivity index (χ3n) is 3.70. The van der Waals surface area contributed by atoms with Gasteiger partial charge in [-0.15, -0.1) is 0 Å². The second-order valence-corrected chi connectivity index (χ2v) is 5.17. The van der Waals surface area contributed by atoms with Crippen LogP contribution in [-0.4, -0.2) is 9.97 Å². The first-order chi connectivity index (χ1) is 9.66. The van der Waals surface area contributed by atoms with Crippen LogP contribution >= 0.6 is 0 Å². The average Bonchev–Trinajstić information content (AvgIpc) is 3.07. The number of imidazole rings is 1. The number of hydrogen-bond acceptors (Lipinski definition) is 3. The standard InChI is InChI=1S/C16H19N3O/c1-10-13-6-4-5-7-14(13)20-15(10)11(2)19-12(3)16-17-8-9-18-16/h4-9,11-12,19H,1-3H3,(H,17,18). The molecule has 104 valence electrons. The fourth-order valence-corrected chi connectivity index (χ4v) is 2.65. The highest BCUT2D eigenvalue weighted by Crippen LogP contribution is 2.30. The molecule has 0 spiro atoms. The van der Waals surface area contributed by atoms with Gasteiger partial charge in [0.15, 0.2) is 0 Å². The fourth-order valence-electron chi connectivity index (χ4n) is 2.65. The van der Waals surface area contributed by atoms with Gasteiger partial charge in [-0.1, -0.05) is 18.2 Å². The molecule has 20 heavy (non-hydrogen) atoms. The van der Waals surface area contributed by atoms with Gasteiger partial charge in [0.2, 0.25) is 0 Å². The van der Waals surface area contributed by atoms with E-state index in [0.717, 1.165) is 17.2 Å². The molecule has 0 amide bonds. The third kappa shape index (κ3) is 2.23. The van der Waals surface area contributed by atoms with Crippen LogP contribution in [0.25, 0.3) is 11.0 Å². The van der Waals surface area contributed by atoms with Gasteiger partial charge in [-0.25, -0.2) is 4.98 Å². The Morgan fingerprint density at radius 2 is 2.00 bits per heavy atom. The van der Waals surface area contributed by atoms with E-state index in [1.54, 1.807) is 6.20 Å². The molecular weight excluding hydrogens is 250 g/mol. The molecule has 0 saturated carbocycles. The number of hydrogen-bond donors (Lipinski definition) is 2. The number of aromatic amines is 1.